The van der Waals surface area contributed by atoms with E-state index in [0.717, 1.165) is 22.5 Å². The molecule has 0 bridgehead atoms. The summed E-state index contributed by atoms with van der Waals surface area (Å²) in [7, 11) is 0. The summed E-state index contributed by atoms with van der Waals surface area (Å²) < 4.78 is 5.67. The van der Waals surface area contributed by atoms with Gasteiger partial charge in [-0.05, 0) is 38.1 Å². The molecule has 0 fully saturated rings. The third kappa shape index (κ3) is 4.36. The molecule has 0 saturated heterocycles. The molecule has 2 aromatic heterocycles. The number of benzene rings is 1. The number of carbonyl (C=O) groups excluding carboxylic acids is 1. The van der Waals surface area contributed by atoms with Crippen LogP contribution in [0.2, 0.25) is 0 Å². The Labute approximate surface area is 150 Å². The largest absolute Gasteiger partial charge is 0.440 e. The van der Waals surface area contributed by atoms with Crippen molar-refractivity contribution >= 4 is 34.5 Å². The number of rotatable bonds is 5. The Bertz CT molecular complexity index is 900. The SMILES string of the molecule is Cc1cc(C)nc(SCC(=O)Nc2ccc3oc(C(C)C)nc3c2)n1. The Morgan fingerprint density at radius 2 is 1.88 bits per heavy atom. The van der Waals surface area contributed by atoms with Crippen LogP contribution < -0.4 is 5.32 Å². The Hall–Kier alpha value is -2.41. The number of hydrogen-bond acceptors (Lipinski definition) is 6. The van der Waals surface area contributed by atoms with E-state index in [1.165, 1.54) is 11.8 Å². The molecule has 0 aliphatic heterocycles. The van der Waals surface area contributed by atoms with Gasteiger partial charge in [-0.2, -0.15) is 0 Å². The van der Waals surface area contributed by atoms with Crippen molar-refractivity contribution < 1.29 is 9.21 Å². The molecule has 0 aliphatic carbocycles. The molecule has 1 N–H and O–H groups in total. The lowest BCUT2D eigenvalue weighted by atomic mass is 10.2. The first-order chi connectivity index (χ1) is 11.9. The van der Waals surface area contributed by atoms with Crippen LogP contribution in [0.15, 0.2) is 33.8 Å². The van der Waals surface area contributed by atoms with Crippen LogP contribution in [0.4, 0.5) is 5.69 Å². The highest BCUT2D eigenvalue weighted by Gasteiger charge is 2.11. The van der Waals surface area contributed by atoms with Crippen molar-refractivity contribution in [2.75, 3.05) is 11.1 Å². The Morgan fingerprint density at radius 3 is 2.56 bits per heavy atom. The molecule has 0 unspecified atom stereocenters. The van der Waals surface area contributed by atoms with Crippen molar-refractivity contribution in [2.24, 2.45) is 0 Å². The van der Waals surface area contributed by atoms with Crippen LogP contribution in [-0.2, 0) is 4.79 Å². The first-order valence-electron chi connectivity index (χ1n) is 8.06. The summed E-state index contributed by atoms with van der Waals surface area (Å²) in [5.74, 6) is 1.05. The molecule has 7 heteroatoms. The maximum Gasteiger partial charge on any atom is 0.234 e. The predicted molar refractivity (Wildman–Crippen MR) is 99.0 cm³/mol. The fraction of sp³-hybridized carbons (Fsp3) is 0.333. The number of amides is 1. The van der Waals surface area contributed by atoms with Crippen LogP contribution >= 0.6 is 11.8 Å². The number of aryl methyl sites for hydroxylation is 2. The third-order valence-corrected chi connectivity index (χ3v) is 4.32. The highest BCUT2D eigenvalue weighted by molar-refractivity contribution is 7.99. The molecule has 3 rings (SSSR count). The van der Waals surface area contributed by atoms with Crippen molar-refractivity contribution in [1.29, 1.82) is 0 Å². The van der Waals surface area contributed by atoms with E-state index in [1.807, 2.05) is 52.0 Å². The average Bonchev–Trinajstić information content (AvgIpc) is 2.95. The highest BCUT2D eigenvalue weighted by atomic mass is 32.2. The Kier molecular flexibility index (Phi) is 5.03. The molecule has 0 saturated carbocycles. The predicted octanol–water partition coefficient (Wildman–Crippen LogP) is 4.09. The molecule has 2 heterocycles. The minimum Gasteiger partial charge on any atom is -0.440 e. The van der Waals surface area contributed by atoms with Gasteiger partial charge in [-0.15, -0.1) is 0 Å². The van der Waals surface area contributed by atoms with Crippen molar-refractivity contribution in [1.82, 2.24) is 15.0 Å². The van der Waals surface area contributed by atoms with Gasteiger partial charge in [-0.3, -0.25) is 4.79 Å². The molecule has 6 nitrogen and oxygen atoms in total. The molecule has 0 radical (unpaired) electrons. The summed E-state index contributed by atoms with van der Waals surface area (Å²) in [6.45, 7) is 7.88. The van der Waals surface area contributed by atoms with Crippen LogP contribution in [0.3, 0.4) is 0 Å². The molecule has 0 aliphatic rings. The number of oxazole rings is 1. The summed E-state index contributed by atoms with van der Waals surface area (Å²) in [6.07, 6.45) is 0. The molecule has 0 atom stereocenters. The van der Waals surface area contributed by atoms with E-state index in [9.17, 15) is 4.79 Å². The zero-order chi connectivity index (χ0) is 18.0. The van der Waals surface area contributed by atoms with E-state index < -0.39 is 0 Å². The number of nitrogens with one attached hydrogen (secondary N) is 1. The van der Waals surface area contributed by atoms with Gasteiger partial charge >= 0.3 is 0 Å². The van der Waals surface area contributed by atoms with Gasteiger partial charge < -0.3 is 9.73 Å². The number of hydrogen-bond donors (Lipinski definition) is 1. The molecular weight excluding hydrogens is 336 g/mol. The number of fused-ring (bicyclic) bond motifs is 1. The Morgan fingerprint density at radius 1 is 1.16 bits per heavy atom. The molecule has 0 spiro atoms. The van der Waals surface area contributed by atoms with E-state index in [0.29, 0.717) is 16.7 Å². The van der Waals surface area contributed by atoms with E-state index in [-0.39, 0.29) is 17.6 Å². The molecule has 1 aromatic carbocycles. The lowest BCUT2D eigenvalue weighted by Crippen LogP contribution is -2.14. The van der Waals surface area contributed by atoms with Crippen LogP contribution in [-0.4, -0.2) is 26.6 Å². The second kappa shape index (κ2) is 7.23. The minimum atomic E-state index is -0.111. The normalized spacial score (nSPS) is 11.2. The second-order valence-electron chi connectivity index (χ2n) is 6.16. The molecule has 130 valence electrons. The van der Waals surface area contributed by atoms with Gasteiger partial charge in [0.15, 0.2) is 16.6 Å². The number of nitrogens with zero attached hydrogens (tertiary/aromatic N) is 3. The van der Waals surface area contributed by atoms with Crippen molar-refractivity contribution in [3.05, 3.63) is 41.5 Å². The van der Waals surface area contributed by atoms with E-state index in [2.05, 4.69) is 20.3 Å². The van der Waals surface area contributed by atoms with Crippen LogP contribution in [0.25, 0.3) is 11.1 Å². The monoisotopic (exact) mass is 356 g/mol. The van der Waals surface area contributed by atoms with E-state index in [4.69, 9.17) is 4.42 Å². The lowest BCUT2D eigenvalue weighted by Gasteiger charge is -2.05. The first kappa shape index (κ1) is 17.4. The maximum absolute atomic E-state index is 12.2. The number of aromatic nitrogens is 3. The number of anilines is 1. The van der Waals surface area contributed by atoms with Crippen LogP contribution in [0.5, 0.6) is 0 Å². The maximum atomic E-state index is 12.2. The smallest absolute Gasteiger partial charge is 0.234 e. The average molecular weight is 356 g/mol. The zero-order valence-corrected chi connectivity index (χ0v) is 15.5. The quantitative estimate of drug-likeness (QED) is 0.548. The topological polar surface area (TPSA) is 80.9 Å². The van der Waals surface area contributed by atoms with Gasteiger partial charge in [0.2, 0.25) is 5.91 Å². The molecule has 25 heavy (non-hydrogen) atoms. The van der Waals surface area contributed by atoms with Gasteiger partial charge in [0.25, 0.3) is 0 Å². The summed E-state index contributed by atoms with van der Waals surface area (Å²) in [5, 5.41) is 3.49. The lowest BCUT2D eigenvalue weighted by molar-refractivity contribution is -0.113. The van der Waals surface area contributed by atoms with E-state index in [1.54, 1.807) is 0 Å². The number of thioether (sulfide) groups is 1. The summed E-state index contributed by atoms with van der Waals surface area (Å²) in [6, 6.07) is 7.36. The van der Waals surface area contributed by atoms with E-state index >= 15 is 0 Å². The van der Waals surface area contributed by atoms with Gasteiger partial charge in [-0.25, -0.2) is 15.0 Å². The summed E-state index contributed by atoms with van der Waals surface area (Å²) in [4.78, 5) is 25.3. The molecule has 1 amide bonds. The highest BCUT2D eigenvalue weighted by Crippen LogP contribution is 2.24. The third-order valence-electron chi connectivity index (χ3n) is 3.48. The van der Waals surface area contributed by atoms with Gasteiger partial charge in [0.1, 0.15) is 5.52 Å². The fourth-order valence-corrected chi connectivity index (χ4v) is 3.10. The summed E-state index contributed by atoms with van der Waals surface area (Å²) in [5.41, 5.74) is 3.95. The van der Waals surface area contributed by atoms with Crippen molar-refractivity contribution in [3.63, 3.8) is 0 Å². The van der Waals surface area contributed by atoms with Crippen LogP contribution in [0.1, 0.15) is 37.0 Å². The van der Waals surface area contributed by atoms with Gasteiger partial charge in [0.05, 0.1) is 5.75 Å². The summed E-state index contributed by atoms with van der Waals surface area (Å²) >= 11 is 1.32. The van der Waals surface area contributed by atoms with Crippen LogP contribution in [0, 0.1) is 13.8 Å². The van der Waals surface area contributed by atoms with Crippen molar-refractivity contribution in [2.45, 2.75) is 38.8 Å². The number of carbonyl (C=O) groups is 1. The molecule has 3 aromatic rings. The molecular formula is C18H20N4O2S. The fourth-order valence-electron chi connectivity index (χ4n) is 2.36. The van der Waals surface area contributed by atoms with Gasteiger partial charge in [-0.1, -0.05) is 25.6 Å². The minimum absolute atomic E-state index is 0.111. The standard InChI is InChI=1S/C18H20N4O2S/c1-10(2)17-22-14-8-13(5-6-15(14)24-17)21-16(23)9-25-18-19-11(3)7-12(4)20-18/h5-8,10H,9H2,1-4H3,(H,21,23). The Balaban J connectivity index is 1.65. The van der Waals surface area contributed by atoms with Gasteiger partial charge in [0, 0.05) is 23.0 Å². The van der Waals surface area contributed by atoms with Crippen molar-refractivity contribution in [3.8, 4) is 0 Å². The second-order valence-corrected chi connectivity index (χ2v) is 7.10. The first-order valence-corrected chi connectivity index (χ1v) is 9.04. The zero-order valence-electron chi connectivity index (χ0n) is 14.7.